The molecule has 2 fully saturated rings. The molecule has 8 heterocycles. The Bertz CT molecular complexity index is 4360. The molecule has 94 heavy (non-hydrogen) atoms. The first-order valence-electron chi connectivity index (χ1n) is 28.6. The molecule has 0 radical (unpaired) electrons. The number of imide groups is 2. The number of aromatic nitrogens is 4. The second kappa shape index (κ2) is 27.7. The number of benzene rings is 3. The van der Waals surface area contributed by atoms with Crippen molar-refractivity contribution in [3.8, 4) is 5.75 Å². The first-order valence-corrected chi connectivity index (χ1v) is 33.1. The molecule has 0 unspecified atom stereocenters. The minimum atomic E-state index is -5.11. The van der Waals surface area contributed by atoms with Crippen LogP contribution in [-0.2, 0) is 20.1 Å². The number of hydrogen-bond acceptors (Lipinski definition) is 17. The third kappa shape index (κ3) is 14.8. The molecule has 0 spiro atoms. The number of nitrogens with zero attached hydrogens (tertiary/aromatic N) is 8. The summed E-state index contributed by atoms with van der Waals surface area (Å²) in [7, 11) is -9.55. The number of pyridine rings is 4. The van der Waals surface area contributed by atoms with Crippen LogP contribution in [0, 0.1) is 52.8 Å². The summed E-state index contributed by atoms with van der Waals surface area (Å²) in [6.45, 7) is 10.2. The van der Waals surface area contributed by atoms with Crippen LogP contribution in [0.3, 0.4) is 0 Å². The molecule has 0 bridgehead atoms. The predicted molar refractivity (Wildman–Crippen MR) is 331 cm³/mol. The van der Waals surface area contributed by atoms with Gasteiger partial charge in [-0.15, -0.1) is 0 Å². The van der Waals surface area contributed by atoms with E-state index in [-0.39, 0.29) is 40.6 Å². The monoisotopic (exact) mass is 1470 g/mol. The Morgan fingerprint density at radius 2 is 0.926 bits per heavy atom. The number of carbonyl (C=O) groups excluding carboxylic acids is 6. The highest BCUT2D eigenvalue weighted by atomic mass is 79.9. The number of anilines is 2. The number of nitrogens with two attached hydrogens (primary N) is 1. The quantitative estimate of drug-likeness (QED) is 0.0214. The Morgan fingerprint density at radius 3 is 1.34 bits per heavy atom. The van der Waals surface area contributed by atoms with Crippen LogP contribution >= 0.6 is 31.9 Å². The number of halogens is 9. The maximum Gasteiger partial charge on any atom is 0.357 e. The van der Waals surface area contributed by atoms with Crippen LogP contribution in [0.15, 0.2) is 128 Å². The molecule has 4 aliphatic rings. The van der Waals surface area contributed by atoms with E-state index < -0.39 is 94.3 Å². The van der Waals surface area contributed by atoms with Crippen molar-refractivity contribution in [2.75, 3.05) is 36.0 Å². The highest BCUT2D eigenvalue weighted by Crippen LogP contribution is 2.42. The number of sulfonamides is 1. The van der Waals surface area contributed by atoms with E-state index in [0.717, 1.165) is 62.9 Å². The Kier molecular flexibility index (Phi) is 20.5. The van der Waals surface area contributed by atoms with E-state index in [0.29, 0.717) is 86.7 Å². The molecular formula is C62H55Br2F7N10O11S2. The van der Waals surface area contributed by atoms with Crippen molar-refractivity contribution in [2.24, 2.45) is 17.6 Å². The zero-order chi connectivity index (χ0) is 68.5. The second-order valence-electron chi connectivity index (χ2n) is 23.2. The van der Waals surface area contributed by atoms with Gasteiger partial charge in [-0.3, -0.25) is 38.6 Å². The Balaban J connectivity index is 0.000000174. The third-order valence-electron chi connectivity index (χ3n) is 15.9. The van der Waals surface area contributed by atoms with Crippen LogP contribution in [0.25, 0.3) is 0 Å². The molecule has 494 valence electrons. The fraction of sp³-hybridized carbons (Fsp3) is 0.290. The summed E-state index contributed by atoms with van der Waals surface area (Å²) in [6.07, 6.45) is 4.60. The lowest BCUT2D eigenvalue weighted by atomic mass is 9.93. The largest absolute Gasteiger partial charge is 0.371 e. The normalized spacial score (nSPS) is 17.1. The van der Waals surface area contributed by atoms with Crippen molar-refractivity contribution >= 4 is 99.1 Å². The van der Waals surface area contributed by atoms with Gasteiger partial charge in [0.15, 0.2) is 10.1 Å². The topological polar surface area (TPSA) is 282 Å². The molecular weight excluding hydrogens is 1420 g/mol. The third-order valence-corrected chi connectivity index (χ3v) is 19.1. The van der Waals surface area contributed by atoms with Crippen molar-refractivity contribution in [3.05, 3.63) is 193 Å². The Hall–Kier alpha value is -8.75. The zero-order valence-electron chi connectivity index (χ0n) is 50.0. The van der Waals surface area contributed by atoms with Gasteiger partial charge in [0, 0.05) is 37.3 Å². The number of carbonyl (C=O) groups is 6. The van der Waals surface area contributed by atoms with Gasteiger partial charge in [-0.25, -0.2) is 37.8 Å². The molecule has 2 atom stereocenters. The fourth-order valence-corrected chi connectivity index (χ4v) is 14.0. The lowest BCUT2D eigenvalue weighted by molar-refractivity contribution is 0.0634. The smallest absolute Gasteiger partial charge is 0.357 e. The van der Waals surface area contributed by atoms with Gasteiger partial charge in [-0.2, -0.15) is 34.4 Å². The van der Waals surface area contributed by atoms with Crippen LogP contribution in [0.5, 0.6) is 5.75 Å². The standard InChI is InChI=1S/C28H27BrFN5O5S.C23H25BrN4O3.C11H3F6NO3S/c1-28(2)15-17(7-6-14-34-26(37)18-8-3-4-9-19(18)27(34)38)16-35(28)24-20(12-13-21(29)31-24)25(36)33-41(39,40)23-11-5-10-22(30)32-23;1-23(2)12-14(13-28(23)20-17(19(25)29)9-10-18(24)26-20)6-5-11-27-21(30)15-7-3-4-8-16(15)22(27)31;12-4-2-1-3-5(18-4)22(19,20)21-11-9(16)7(14)6(13)8(15)10(11)17/h3-5,8-13,17H,6-7,14-16H2,1-2H3,(H,33,36);3-4,7-10,14H,5-6,11-13H2,1-2H3,(H2,25,29);1-3H/t17-;14-;/m00./s1. The molecule has 4 aromatic heterocycles. The highest BCUT2D eigenvalue weighted by molar-refractivity contribution is 9.10. The molecule has 6 amide bonds. The summed E-state index contributed by atoms with van der Waals surface area (Å²) in [6, 6.07) is 25.8. The van der Waals surface area contributed by atoms with Crippen molar-refractivity contribution in [2.45, 2.75) is 87.3 Å². The molecule has 2 saturated heterocycles. The van der Waals surface area contributed by atoms with Gasteiger partial charge in [0.05, 0.1) is 33.4 Å². The van der Waals surface area contributed by atoms with E-state index in [1.54, 1.807) is 60.7 Å². The average molecular weight is 1470 g/mol. The van der Waals surface area contributed by atoms with Crippen LogP contribution in [0.2, 0.25) is 0 Å². The van der Waals surface area contributed by atoms with E-state index in [1.165, 1.54) is 28.0 Å². The maximum absolute atomic E-state index is 13.5. The Labute approximate surface area is 550 Å². The van der Waals surface area contributed by atoms with Crippen LogP contribution in [-0.4, -0.2) is 119 Å². The summed E-state index contributed by atoms with van der Waals surface area (Å²) in [4.78, 5) is 97.7. The molecule has 7 aromatic rings. The van der Waals surface area contributed by atoms with Gasteiger partial charge < -0.3 is 19.7 Å². The van der Waals surface area contributed by atoms with E-state index in [4.69, 9.17) is 5.73 Å². The van der Waals surface area contributed by atoms with Crippen LogP contribution in [0.4, 0.5) is 42.4 Å². The summed E-state index contributed by atoms with van der Waals surface area (Å²) in [5, 5.41) is -1.73. The SMILES string of the molecule is CC1(C)C[C@H](CCCN2C(=O)c3ccccc3C2=O)CN1c1nc(Br)ccc1C(=O)NS(=O)(=O)c1cccc(F)n1.CC1(C)C[C@H](CCCN2C(=O)c3ccccc3C2=O)CN1c1nc(Br)ccc1C(N)=O.O=S(=O)(Oc1c(F)c(F)c(F)c(F)c1F)c1cccc(F)n1. The predicted octanol–water partition coefficient (Wildman–Crippen LogP) is 10.5. The van der Waals surface area contributed by atoms with Gasteiger partial charge in [0.25, 0.3) is 45.5 Å². The molecule has 0 aliphatic carbocycles. The summed E-state index contributed by atoms with van der Waals surface area (Å²) < 4.78 is 147. The fourth-order valence-electron chi connectivity index (χ4n) is 11.6. The molecule has 32 heteroatoms. The average Bonchev–Trinajstić information content (AvgIpc) is 1.35. The van der Waals surface area contributed by atoms with Gasteiger partial charge >= 0.3 is 10.1 Å². The zero-order valence-corrected chi connectivity index (χ0v) is 54.8. The summed E-state index contributed by atoms with van der Waals surface area (Å²) in [5.74, 6) is -17.5. The summed E-state index contributed by atoms with van der Waals surface area (Å²) in [5.41, 5.74) is 7.20. The minimum Gasteiger partial charge on any atom is -0.371 e. The van der Waals surface area contributed by atoms with E-state index in [9.17, 15) is 76.3 Å². The lowest BCUT2D eigenvalue weighted by Crippen LogP contribution is -2.41. The first-order chi connectivity index (χ1) is 44.2. The number of primary amides is 1. The van der Waals surface area contributed by atoms with Crippen molar-refractivity contribution in [1.82, 2.24) is 34.5 Å². The van der Waals surface area contributed by atoms with Crippen LogP contribution < -0.4 is 24.4 Å². The first kappa shape index (κ1) is 69.6. The lowest BCUT2D eigenvalue weighted by Gasteiger charge is -2.33. The van der Waals surface area contributed by atoms with E-state index in [2.05, 4.69) is 74.7 Å². The maximum atomic E-state index is 13.5. The molecule has 11 rings (SSSR count). The number of amides is 6. The van der Waals surface area contributed by atoms with Gasteiger partial charge in [0.2, 0.25) is 46.7 Å². The molecule has 3 N–H and O–H groups in total. The van der Waals surface area contributed by atoms with Crippen molar-refractivity contribution < 1.29 is 80.5 Å². The van der Waals surface area contributed by atoms with Gasteiger partial charge in [-0.05, 0) is 183 Å². The van der Waals surface area contributed by atoms with Gasteiger partial charge in [-0.1, -0.05) is 36.4 Å². The number of nitrogens with one attached hydrogen (secondary N) is 1. The second-order valence-corrected chi connectivity index (χ2v) is 28.0. The number of fused-ring (bicyclic) bond motifs is 2. The van der Waals surface area contributed by atoms with E-state index in [1.807, 2.05) is 23.5 Å². The van der Waals surface area contributed by atoms with Gasteiger partial charge in [0.1, 0.15) is 20.8 Å². The van der Waals surface area contributed by atoms with Crippen molar-refractivity contribution in [3.63, 3.8) is 0 Å². The molecule has 3 aromatic carbocycles. The van der Waals surface area contributed by atoms with E-state index >= 15 is 0 Å². The van der Waals surface area contributed by atoms with Crippen molar-refractivity contribution in [1.29, 1.82) is 0 Å². The molecule has 4 aliphatic heterocycles. The highest BCUT2D eigenvalue weighted by Gasteiger charge is 2.44. The number of hydrogen-bond donors (Lipinski definition) is 2. The minimum absolute atomic E-state index is 0.0351. The molecule has 0 saturated carbocycles. The Morgan fingerprint density at radius 1 is 0.543 bits per heavy atom. The summed E-state index contributed by atoms with van der Waals surface area (Å²) >= 11 is 6.73. The van der Waals surface area contributed by atoms with Crippen LogP contribution in [0.1, 0.15) is 128 Å². The molecule has 21 nitrogen and oxygen atoms in total. The number of rotatable bonds is 17.